The zero-order chi connectivity index (χ0) is 19.5. The van der Waals surface area contributed by atoms with E-state index in [9.17, 15) is 4.89 Å². The van der Waals surface area contributed by atoms with Crippen LogP contribution in [0.3, 0.4) is 0 Å². The Labute approximate surface area is 165 Å². The minimum absolute atomic E-state index is 0.0561. The maximum absolute atomic E-state index is 10.6. The van der Waals surface area contributed by atoms with Gasteiger partial charge in [-0.1, -0.05) is 13.8 Å². The number of ether oxygens (including phenoxy) is 3. The third-order valence-electron chi connectivity index (χ3n) is 4.41. The molecule has 2 heterocycles. The van der Waals surface area contributed by atoms with Gasteiger partial charge in [0, 0.05) is 18.0 Å². The summed E-state index contributed by atoms with van der Waals surface area (Å²) >= 11 is 5.29. The lowest BCUT2D eigenvalue weighted by Crippen LogP contribution is -2.37. The van der Waals surface area contributed by atoms with Crippen LogP contribution in [0.25, 0.3) is 0 Å². The molecule has 2 fully saturated rings. The summed E-state index contributed by atoms with van der Waals surface area (Å²) in [6.45, 7) is 5.06. The van der Waals surface area contributed by atoms with Crippen LogP contribution in [0, 0.1) is 5.92 Å². The standard InChI is InChI=1S/C16H30B2NO5PS/c1-9(2)5-12-11(6-15(17)23-12)19-25(20,26)21-8-14-13(22-10(3)4)7-16(18)24-14/h9-16H,5-8H2,1-4H3,(H2,19,20,26)/t11?,12-,13?,14-,15-,16-,25?/m1/s1. The highest BCUT2D eigenvalue weighted by molar-refractivity contribution is 8.08. The fraction of sp³-hybridized carbons (Fsp3) is 1.00. The molecule has 0 amide bonds. The molecule has 0 bridgehead atoms. The second-order valence-corrected chi connectivity index (χ2v) is 10.8. The van der Waals surface area contributed by atoms with Crippen molar-refractivity contribution >= 4 is 34.1 Å². The van der Waals surface area contributed by atoms with Gasteiger partial charge in [0.25, 0.3) is 6.64 Å². The number of hydrogen-bond acceptors (Lipinski definition) is 5. The van der Waals surface area contributed by atoms with E-state index < -0.39 is 12.6 Å². The van der Waals surface area contributed by atoms with E-state index in [-0.39, 0.29) is 43.1 Å². The zero-order valence-corrected chi connectivity index (χ0v) is 17.7. The molecule has 3 unspecified atom stereocenters. The summed E-state index contributed by atoms with van der Waals surface area (Å²) in [6, 6.07) is -0.877. The summed E-state index contributed by atoms with van der Waals surface area (Å²) in [5.41, 5.74) is 0. The van der Waals surface area contributed by atoms with Crippen LogP contribution < -0.4 is 5.09 Å². The molecule has 0 aromatic rings. The maximum Gasteiger partial charge on any atom is 0.259 e. The van der Waals surface area contributed by atoms with Gasteiger partial charge in [0.15, 0.2) is 0 Å². The highest BCUT2D eigenvalue weighted by atomic mass is 32.5. The van der Waals surface area contributed by atoms with Crippen molar-refractivity contribution in [3.05, 3.63) is 0 Å². The van der Waals surface area contributed by atoms with Crippen molar-refractivity contribution in [2.45, 2.75) is 89.4 Å². The van der Waals surface area contributed by atoms with E-state index in [1.54, 1.807) is 0 Å². The average molecular weight is 401 g/mol. The van der Waals surface area contributed by atoms with Crippen molar-refractivity contribution in [3.63, 3.8) is 0 Å². The second kappa shape index (κ2) is 9.84. The fourth-order valence-electron chi connectivity index (χ4n) is 3.41. The predicted molar refractivity (Wildman–Crippen MR) is 107 cm³/mol. The summed E-state index contributed by atoms with van der Waals surface area (Å²) in [5, 5.41) is 3.06. The van der Waals surface area contributed by atoms with Gasteiger partial charge in [-0.15, -0.1) is 0 Å². The molecule has 0 aliphatic carbocycles. The lowest BCUT2D eigenvalue weighted by atomic mass is 9.94. The summed E-state index contributed by atoms with van der Waals surface area (Å²) in [6.07, 6.45) is 1.47. The van der Waals surface area contributed by atoms with Crippen molar-refractivity contribution < 1.29 is 23.6 Å². The van der Waals surface area contributed by atoms with Crippen LogP contribution in [0.15, 0.2) is 0 Å². The Morgan fingerprint density at radius 1 is 1.15 bits per heavy atom. The van der Waals surface area contributed by atoms with Crippen LogP contribution >= 0.6 is 6.64 Å². The summed E-state index contributed by atoms with van der Waals surface area (Å²) < 4.78 is 22.8. The molecule has 2 rings (SSSR count). The third kappa shape index (κ3) is 7.17. The Balaban J connectivity index is 1.88. The lowest BCUT2D eigenvalue weighted by Gasteiger charge is -2.28. The molecule has 2 aliphatic rings. The normalized spacial score (nSPS) is 37.5. The monoisotopic (exact) mass is 401 g/mol. The van der Waals surface area contributed by atoms with Gasteiger partial charge < -0.3 is 23.6 Å². The van der Waals surface area contributed by atoms with Crippen molar-refractivity contribution in [1.29, 1.82) is 0 Å². The first-order valence-electron chi connectivity index (χ1n) is 9.28. The van der Waals surface area contributed by atoms with Crippen molar-refractivity contribution in [2.24, 2.45) is 5.92 Å². The quantitative estimate of drug-likeness (QED) is 0.449. The average Bonchev–Trinajstić information content (AvgIpc) is 2.98. The molecule has 146 valence electrons. The van der Waals surface area contributed by atoms with Crippen LogP contribution in [0.2, 0.25) is 0 Å². The zero-order valence-electron chi connectivity index (χ0n) is 16.0. The first-order chi connectivity index (χ1) is 12.1. The number of nitrogens with one attached hydrogen (secondary N) is 1. The van der Waals surface area contributed by atoms with Gasteiger partial charge in [0.2, 0.25) is 0 Å². The summed E-state index contributed by atoms with van der Waals surface area (Å²) in [7, 11) is 11.8. The molecule has 0 aromatic carbocycles. The molecule has 0 aromatic heterocycles. The van der Waals surface area contributed by atoms with Crippen LogP contribution in [-0.2, 0) is 30.5 Å². The largest absolute Gasteiger partial charge is 0.383 e. The van der Waals surface area contributed by atoms with Gasteiger partial charge >= 0.3 is 0 Å². The van der Waals surface area contributed by atoms with Gasteiger partial charge in [-0.25, -0.2) is 5.09 Å². The number of hydrogen-bond donors (Lipinski definition) is 2. The van der Waals surface area contributed by atoms with Crippen LogP contribution in [0.1, 0.15) is 47.0 Å². The summed E-state index contributed by atoms with van der Waals surface area (Å²) in [5.74, 6) is 0.453. The highest BCUT2D eigenvalue weighted by Crippen LogP contribution is 2.42. The molecule has 0 spiro atoms. The minimum atomic E-state index is -3.21. The topological polar surface area (TPSA) is 69.2 Å². The molecular weight excluding hydrogens is 371 g/mol. The van der Waals surface area contributed by atoms with E-state index in [2.05, 4.69) is 18.9 Å². The van der Waals surface area contributed by atoms with Crippen LogP contribution in [0.5, 0.6) is 0 Å². The van der Waals surface area contributed by atoms with Crippen molar-refractivity contribution in [2.75, 3.05) is 6.61 Å². The molecule has 10 heteroatoms. The molecule has 4 radical (unpaired) electrons. The van der Waals surface area contributed by atoms with E-state index in [1.807, 2.05) is 13.8 Å². The predicted octanol–water partition coefficient (Wildman–Crippen LogP) is 1.58. The molecule has 2 N–H and O–H groups in total. The maximum atomic E-state index is 10.6. The van der Waals surface area contributed by atoms with Gasteiger partial charge in [-0.3, -0.25) is 0 Å². The Bertz CT molecular complexity index is 501. The minimum Gasteiger partial charge on any atom is -0.383 e. The first-order valence-corrected chi connectivity index (χ1v) is 12.0. The van der Waals surface area contributed by atoms with Gasteiger partial charge in [0.05, 0.1) is 24.9 Å². The van der Waals surface area contributed by atoms with E-state index in [1.165, 1.54) is 0 Å². The van der Waals surface area contributed by atoms with Crippen LogP contribution in [-0.4, -0.2) is 69.7 Å². The van der Waals surface area contributed by atoms with E-state index in [0.29, 0.717) is 18.8 Å². The smallest absolute Gasteiger partial charge is 0.259 e. The SMILES string of the molecule is [B][C@H]1CC(NP(O)(=S)OC[C@H]2O[C@@H]([B])CC2OC(C)C)[C@@H](CC(C)C)O1. The van der Waals surface area contributed by atoms with E-state index in [4.69, 9.17) is 46.2 Å². The lowest BCUT2D eigenvalue weighted by molar-refractivity contribution is -0.0545. The third-order valence-corrected chi connectivity index (χ3v) is 6.20. The Kier molecular flexibility index (Phi) is 8.64. The molecule has 7 atom stereocenters. The Morgan fingerprint density at radius 2 is 1.77 bits per heavy atom. The summed E-state index contributed by atoms with van der Waals surface area (Å²) in [4.78, 5) is 10.6. The molecule has 26 heavy (non-hydrogen) atoms. The van der Waals surface area contributed by atoms with Crippen LogP contribution in [0.4, 0.5) is 0 Å². The van der Waals surface area contributed by atoms with Gasteiger partial charge in [-0.05, 0) is 50.8 Å². The Morgan fingerprint density at radius 3 is 2.38 bits per heavy atom. The second-order valence-electron chi connectivity index (χ2n) is 7.80. The molecule has 0 saturated carbocycles. The highest BCUT2D eigenvalue weighted by Gasteiger charge is 2.38. The molecular formula is C16H30B2NO5PS. The Hall–Kier alpha value is 0.540. The fourth-order valence-corrected chi connectivity index (χ4v) is 5.11. The van der Waals surface area contributed by atoms with Crippen molar-refractivity contribution in [1.82, 2.24) is 5.09 Å². The first kappa shape index (κ1) is 22.8. The number of rotatable bonds is 9. The van der Waals surface area contributed by atoms with Gasteiger partial charge in [0.1, 0.15) is 21.8 Å². The van der Waals surface area contributed by atoms with E-state index in [0.717, 1.165) is 6.42 Å². The molecule has 6 nitrogen and oxygen atoms in total. The van der Waals surface area contributed by atoms with Crippen molar-refractivity contribution in [3.8, 4) is 0 Å². The van der Waals surface area contributed by atoms with E-state index >= 15 is 0 Å². The molecule has 2 saturated heterocycles. The molecule has 2 aliphatic heterocycles. The van der Waals surface area contributed by atoms with Gasteiger partial charge in [-0.2, -0.15) is 0 Å².